The number of ether oxygens (including phenoxy) is 1. The van der Waals surface area contributed by atoms with Crippen LogP contribution in [0.5, 0.6) is 5.75 Å². The van der Waals surface area contributed by atoms with E-state index in [1.54, 1.807) is 0 Å². The van der Waals surface area contributed by atoms with Crippen LogP contribution in [0, 0.1) is 0 Å². The largest absolute Gasteiger partial charge is 0.493 e. The van der Waals surface area contributed by atoms with Crippen molar-refractivity contribution in [2.45, 2.75) is 12.5 Å². The van der Waals surface area contributed by atoms with Gasteiger partial charge < -0.3 is 14.6 Å². The van der Waals surface area contributed by atoms with Crippen molar-refractivity contribution < 1.29 is 9.53 Å². The standard InChI is InChI=1S/C18H16N2O2S/c21-18(17-15(8-12-23-17)20-9-3-4-10-20)19-14-7-11-22-16-6-2-1-5-13(14)16/h1-6,8-10,12,14H,7,11H2,(H,19,21). The van der Waals surface area contributed by atoms with E-state index in [0.29, 0.717) is 6.61 Å². The highest BCUT2D eigenvalue weighted by Gasteiger charge is 2.24. The molecule has 1 atom stereocenters. The van der Waals surface area contributed by atoms with Crippen LogP contribution < -0.4 is 10.1 Å². The number of nitrogens with zero attached hydrogens (tertiary/aromatic N) is 1. The van der Waals surface area contributed by atoms with Crippen LogP contribution in [-0.2, 0) is 0 Å². The first kappa shape index (κ1) is 14.1. The molecule has 0 saturated heterocycles. The van der Waals surface area contributed by atoms with Gasteiger partial charge >= 0.3 is 0 Å². The molecule has 0 aliphatic carbocycles. The Morgan fingerprint density at radius 3 is 2.87 bits per heavy atom. The minimum Gasteiger partial charge on any atom is -0.493 e. The summed E-state index contributed by atoms with van der Waals surface area (Å²) >= 11 is 1.46. The predicted molar refractivity (Wildman–Crippen MR) is 90.4 cm³/mol. The molecule has 1 aromatic carbocycles. The first-order valence-corrected chi connectivity index (χ1v) is 8.44. The van der Waals surface area contributed by atoms with Gasteiger partial charge in [-0.2, -0.15) is 0 Å². The molecule has 3 heterocycles. The molecular weight excluding hydrogens is 308 g/mol. The number of para-hydroxylation sites is 1. The number of benzene rings is 1. The molecule has 4 rings (SSSR count). The summed E-state index contributed by atoms with van der Waals surface area (Å²) < 4.78 is 7.62. The van der Waals surface area contributed by atoms with Crippen LogP contribution in [0.4, 0.5) is 0 Å². The zero-order chi connectivity index (χ0) is 15.6. The van der Waals surface area contributed by atoms with E-state index in [1.165, 1.54) is 11.3 Å². The highest BCUT2D eigenvalue weighted by molar-refractivity contribution is 7.12. The Morgan fingerprint density at radius 2 is 2.00 bits per heavy atom. The number of amides is 1. The highest BCUT2D eigenvalue weighted by Crippen LogP contribution is 2.32. The van der Waals surface area contributed by atoms with Gasteiger partial charge in [0.15, 0.2) is 0 Å². The summed E-state index contributed by atoms with van der Waals surface area (Å²) in [7, 11) is 0. The van der Waals surface area contributed by atoms with Gasteiger partial charge in [0, 0.05) is 24.4 Å². The monoisotopic (exact) mass is 324 g/mol. The number of nitrogens with one attached hydrogen (secondary N) is 1. The third-order valence-corrected chi connectivity index (χ3v) is 4.90. The van der Waals surface area contributed by atoms with Crippen molar-refractivity contribution in [2.24, 2.45) is 0 Å². The summed E-state index contributed by atoms with van der Waals surface area (Å²) in [6.45, 7) is 0.622. The number of hydrogen-bond donors (Lipinski definition) is 1. The van der Waals surface area contributed by atoms with Crippen LogP contribution in [0.3, 0.4) is 0 Å². The second kappa shape index (κ2) is 5.93. The normalized spacial score (nSPS) is 16.4. The molecule has 0 spiro atoms. The van der Waals surface area contributed by atoms with Crippen LogP contribution in [0.25, 0.3) is 5.69 Å². The summed E-state index contributed by atoms with van der Waals surface area (Å²) in [5.74, 6) is 0.825. The number of carbonyl (C=O) groups is 1. The summed E-state index contributed by atoms with van der Waals surface area (Å²) in [4.78, 5) is 13.5. The van der Waals surface area contributed by atoms with Gasteiger partial charge in [-0.25, -0.2) is 0 Å². The molecule has 0 saturated carbocycles. The number of rotatable bonds is 3. The highest BCUT2D eigenvalue weighted by atomic mass is 32.1. The van der Waals surface area contributed by atoms with Gasteiger partial charge in [0.05, 0.1) is 18.3 Å². The fourth-order valence-corrected chi connectivity index (χ4v) is 3.68. The number of fused-ring (bicyclic) bond motifs is 1. The maximum Gasteiger partial charge on any atom is 0.263 e. The lowest BCUT2D eigenvalue weighted by Crippen LogP contribution is -2.32. The average molecular weight is 324 g/mol. The fourth-order valence-electron chi connectivity index (χ4n) is 2.89. The van der Waals surface area contributed by atoms with Crippen molar-refractivity contribution >= 4 is 17.2 Å². The molecule has 0 radical (unpaired) electrons. The van der Waals surface area contributed by atoms with Crippen LogP contribution in [0.1, 0.15) is 27.7 Å². The first-order chi connectivity index (χ1) is 11.3. The Labute approximate surface area is 138 Å². The quantitative estimate of drug-likeness (QED) is 0.796. The maximum absolute atomic E-state index is 12.7. The predicted octanol–water partition coefficient (Wildman–Crippen LogP) is 3.79. The topological polar surface area (TPSA) is 43.3 Å². The molecule has 5 heteroatoms. The minimum absolute atomic E-state index is 0.00735. The lowest BCUT2D eigenvalue weighted by atomic mass is 10.0. The molecule has 116 valence electrons. The van der Waals surface area contributed by atoms with Crippen molar-refractivity contribution in [1.82, 2.24) is 9.88 Å². The molecule has 1 N–H and O–H groups in total. The van der Waals surface area contributed by atoms with E-state index in [9.17, 15) is 4.79 Å². The van der Waals surface area contributed by atoms with Crippen LogP contribution >= 0.6 is 11.3 Å². The maximum atomic E-state index is 12.7. The van der Waals surface area contributed by atoms with Crippen LogP contribution in [0.2, 0.25) is 0 Å². The Morgan fingerprint density at radius 1 is 1.17 bits per heavy atom. The summed E-state index contributed by atoms with van der Waals surface area (Å²) in [5.41, 5.74) is 1.96. The molecule has 1 aliphatic heterocycles. The molecule has 0 fully saturated rings. The first-order valence-electron chi connectivity index (χ1n) is 7.56. The second-order valence-corrected chi connectivity index (χ2v) is 6.34. The molecule has 23 heavy (non-hydrogen) atoms. The molecule has 1 amide bonds. The van der Waals surface area contributed by atoms with Gasteiger partial charge in [0.25, 0.3) is 5.91 Å². The molecule has 4 nitrogen and oxygen atoms in total. The van der Waals surface area contributed by atoms with E-state index in [-0.39, 0.29) is 11.9 Å². The van der Waals surface area contributed by atoms with Gasteiger partial charge in [0.1, 0.15) is 10.6 Å². The third kappa shape index (κ3) is 2.64. The Kier molecular flexibility index (Phi) is 3.63. The van der Waals surface area contributed by atoms with Crippen molar-refractivity contribution in [3.05, 3.63) is 70.7 Å². The van der Waals surface area contributed by atoms with Crippen LogP contribution in [-0.4, -0.2) is 17.1 Å². The molecule has 1 aliphatic rings. The van der Waals surface area contributed by atoms with Gasteiger partial charge in [-0.3, -0.25) is 4.79 Å². The molecule has 1 unspecified atom stereocenters. The summed E-state index contributed by atoms with van der Waals surface area (Å²) in [6, 6.07) is 13.8. The van der Waals surface area contributed by atoms with E-state index in [2.05, 4.69) is 5.32 Å². The van der Waals surface area contributed by atoms with Crippen molar-refractivity contribution in [3.63, 3.8) is 0 Å². The zero-order valence-corrected chi connectivity index (χ0v) is 13.3. The van der Waals surface area contributed by atoms with E-state index < -0.39 is 0 Å². The Balaban J connectivity index is 1.59. The van der Waals surface area contributed by atoms with Crippen molar-refractivity contribution in [3.8, 4) is 11.4 Å². The van der Waals surface area contributed by atoms with Gasteiger partial charge in [-0.1, -0.05) is 18.2 Å². The van der Waals surface area contributed by atoms with E-state index in [1.807, 2.05) is 64.8 Å². The average Bonchev–Trinajstić information content (AvgIpc) is 3.26. The van der Waals surface area contributed by atoms with E-state index in [4.69, 9.17) is 4.74 Å². The summed E-state index contributed by atoms with van der Waals surface area (Å²) in [6.07, 6.45) is 4.68. The Bertz CT molecular complexity index is 823. The Hall–Kier alpha value is -2.53. The lowest BCUT2D eigenvalue weighted by molar-refractivity contribution is 0.0929. The zero-order valence-electron chi connectivity index (χ0n) is 12.4. The molecule has 3 aromatic rings. The van der Waals surface area contributed by atoms with E-state index in [0.717, 1.165) is 28.3 Å². The van der Waals surface area contributed by atoms with Crippen molar-refractivity contribution in [2.75, 3.05) is 6.61 Å². The number of thiophene rings is 1. The number of hydrogen-bond acceptors (Lipinski definition) is 3. The second-order valence-electron chi connectivity index (χ2n) is 5.43. The fraction of sp³-hybridized carbons (Fsp3) is 0.167. The third-order valence-electron chi connectivity index (χ3n) is 4.00. The molecule has 0 bridgehead atoms. The van der Waals surface area contributed by atoms with Crippen LogP contribution in [0.15, 0.2) is 60.2 Å². The minimum atomic E-state index is -0.0367. The van der Waals surface area contributed by atoms with Gasteiger partial charge in [0.2, 0.25) is 0 Å². The smallest absolute Gasteiger partial charge is 0.263 e. The SMILES string of the molecule is O=C(NC1CCOc2ccccc21)c1sccc1-n1cccc1. The summed E-state index contributed by atoms with van der Waals surface area (Å²) in [5, 5.41) is 5.10. The van der Waals surface area contributed by atoms with Gasteiger partial charge in [-0.05, 0) is 29.6 Å². The lowest BCUT2D eigenvalue weighted by Gasteiger charge is -2.26. The van der Waals surface area contributed by atoms with Gasteiger partial charge in [-0.15, -0.1) is 11.3 Å². The molecular formula is C18H16N2O2S. The van der Waals surface area contributed by atoms with E-state index >= 15 is 0 Å². The van der Waals surface area contributed by atoms with Crippen molar-refractivity contribution in [1.29, 1.82) is 0 Å². The molecule has 2 aromatic heterocycles. The number of aromatic nitrogens is 1. The number of carbonyl (C=O) groups excluding carboxylic acids is 1.